The standard InChI is InChI=1S/C14H21ClN2O/c1-2-9-18-11-5-4-8-17(10-11)13-7-3-6-12(15)14(13)16/h3,6-7,11H,2,4-5,8-10,16H2,1H3. The van der Waals surface area contributed by atoms with E-state index in [9.17, 15) is 0 Å². The molecule has 0 aromatic heterocycles. The number of para-hydroxylation sites is 1. The monoisotopic (exact) mass is 268 g/mol. The molecule has 0 saturated carbocycles. The molecule has 0 spiro atoms. The second kappa shape index (κ2) is 6.30. The van der Waals surface area contributed by atoms with Crippen LogP contribution < -0.4 is 10.6 Å². The second-order valence-electron chi connectivity index (χ2n) is 4.75. The van der Waals surface area contributed by atoms with Gasteiger partial charge in [-0.15, -0.1) is 0 Å². The highest BCUT2D eigenvalue weighted by Gasteiger charge is 2.22. The number of rotatable bonds is 4. The number of nitrogen functional groups attached to an aromatic ring is 1. The first-order valence-corrected chi connectivity index (χ1v) is 7.00. The summed E-state index contributed by atoms with van der Waals surface area (Å²) in [6, 6.07) is 5.81. The van der Waals surface area contributed by atoms with Crippen LogP contribution in [-0.2, 0) is 4.74 Å². The molecule has 1 unspecified atom stereocenters. The minimum Gasteiger partial charge on any atom is -0.396 e. The normalized spacial score (nSPS) is 20.1. The van der Waals surface area contributed by atoms with E-state index in [1.165, 1.54) is 0 Å². The first-order chi connectivity index (χ1) is 8.72. The molecule has 0 amide bonds. The largest absolute Gasteiger partial charge is 0.396 e. The quantitative estimate of drug-likeness (QED) is 0.852. The summed E-state index contributed by atoms with van der Waals surface area (Å²) in [7, 11) is 0. The van der Waals surface area contributed by atoms with Crippen molar-refractivity contribution in [2.45, 2.75) is 32.3 Å². The molecule has 0 aliphatic carbocycles. The van der Waals surface area contributed by atoms with Gasteiger partial charge in [0.2, 0.25) is 0 Å². The van der Waals surface area contributed by atoms with Gasteiger partial charge in [0.05, 0.1) is 22.5 Å². The van der Waals surface area contributed by atoms with Gasteiger partial charge in [0, 0.05) is 19.7 Å². The Morgan fingerprint density at radius 2 is 2.33 bits per heavy atom. The highest BCUT2D eigenvalue weighted by Crippen LogP contribution is 2.32. The van der Waals surface area contributed by atoms with Crippen molar-refractivity contribution in [2.75, 3.05) is 30.3 Å². The van der Waals surface area contributed by atoms with E-state index in [0.717, 1.165) is 44.6 Å². The maximum Gasteiger partial charge on any atom is 0.0750 e. The van der Waals surface area contributed by atoms with Crippen molar-refractivity contribution in [2.24, 2.45) is 0 Å². The van der Waals surface area contributed by atoms with Crippen LogP contribution in [-0.4, -0.2) is 25.8 Å². The van der Waals surface area contributed by atoms with Gasteiger partial charge in [-0.3, -0.25) is 0 Å². The molecule has 2 rings (SSSR count). The predicted molar refractivity (Wildman–Crippen MR) is 77.3 cm³/mol. The third kappa shape index (κ3) is 3.09. The first-order valence-electron chi connectivity index (χ1n) is 6.63. The van der Waals surface area contributed by atoms with Gasteiger partial charge in [-0.1, -0.05) is 24.6 Å². The molecule has 2 N–H and O–H groups in total. The third-order valence-corrected chi connectivity index (χ3v) is 3.64. The molecule has 4 heteroatoms. The summed E-state index contributed by atoms with van der Waals surface area (Å²) in [5.74, 6) is 0. The van der Waals surface area contributed by atoms with Crippen LogP contribution in [0.5, 0.6) is 0 Å². The number of benzene rings is 1. The molecular weight excluding hydrogens is 248 g/mol. The number of halogens is 1. The maximum absolute atomic E-state index is 6.07. The summed E-state index contributed by atoms with van der Waals surface area (Å²) >= 11 is 6.07. The Morgan fingerprint density at radius 1 is 1.50 bits per heavy atom. The van der Waals surface area contributed by atoms with Gasteiger partial charge in [0.25, 0.3) is 0 Å². The smallest absolute Gasteiger partial charge is 0.0750 e. The Morgan fingerprint density at radius 3 is 3.11 bits per heavy atom. The fraction of sp³-hybridized carbons (Fsp3) is 0.571. The summed E-state index contributed by atoms with van der Waals surface area (Å²) in [6.45, 7) is 4.90. The minimum absolute atomic E-state index is 0.317. The predicted octanol–water partition coefficient (Wildman–Crippen LogP) is 3.32. The number of anilines is 2. The first kappa shape index (κ1) is 13.5. The molecule has 0 bridgehead atoms. The average molecular weight is 269 g/mol. The van der Waals surface area contributed by atoms with Gasteiger partial charge in [0.1, 0.15) is 0 Å². The fourth-order valence-corrected chi connectivity index (χ4v) is 2.55. The molecule has 100 valence electrons. The van der Waals surface area contributed by atoms with E-state index in [-0.39, 0.29) is 0 Å². The van der Waals surface area contributed by atoms with E-state index >= 15 is 0 Å². The van der Waals surface area contributed by atoms with Gasteiger partial charge in [0.15, 0.2) is 0 Å². The Hall–Kier alpha value is -0.930. The van der Waals surface area contributed by atoms with Gasteiger partial charge >= 0.3 is 0 Å². The second-order valence-corrected chi connectivity index (χ2v) is 5.16. The molecule has 1 atom stereocenters. The molecule has 1 saturated heterocycles. The summed E-state index contributed by atoms with van der Waals surface area (Å²) in [4.78, 5) is 2.28. The highest BCUT2D eigenvalue weighted by molar-refractivity contribution is 6.33. The molecule has 1 fully saturated rings. The number of hydrogen-bond donors (Lipinski definition) is 1. The van der Waals surface area contributed by atoms with Crippen LogP contribution in [0.25, 0.3) is 0 Å². The topological polar surface area (TPSA) is 38.5 Å². The number of hydrogen-bond acceptors (Lipinski definition) is 3. The Bertz CT molecular complexity index is 397. The summed E-state index contributed by atoms with van der Waals surface area (Å²) < 4.78 is 5.84. The van der Waals surface area contributed by atoms with E-state index in [1.807, 2.05) is 18.2 Å². The van der Waals surface area contributed by atoms with Crippen LogP contribution in [0.3, 0.4) is 0 Å². The van der Waals surface area contributed by atoms with Crippen LogP contribution in [0.15, 0.2) is 18.2 Å². The van der Waals surface area contributed by atoms with E-state index in [4.69, 9.17) is 22.1 Å². The van der Waals surface area contributed by atoms with Crippen LogP contribution in [0.4, 0.5) is 11.4 Å². The molecule has 18 heavy (non-hydrogen) atoms. The van der Waals surface area contributed by atoms with Crippen LogP contribution >= 0.6 is 11.6 Å². The van der Waals surface area contributed by atoms with Crippen molar-refractivity contribution in [3.8, 4) is 0 Å². The number of ether oxygens (including phenoxy) is 1. The van der Waals surface area contributed by atoms with Crippen LogP contribution in [0.2, 0.25) is 5.02 Å². The van der Waals surface area contributed by atoms with Crippen LogP contribution in [0, 0.1) is 0 Å². The summed E-state index contributed by atoms with van der Waals surface area (Å²) in [5, 5.41) is 0.629. The van der Waals surface area contributed by atoms with E-state index in [1.54, 1.807) is 0 Å². The van der Waals surface area contributed by atoms with Crippen molar-refractivity contribution in [3.05, 3.63) is 23.2 Å². The number of nitrogens with zero attached hydrogens (tertiary/aromatic N) is 1. The molecular formula is C14H21ClN2O. The van der Waals surface area contributed by atoms with Crippen molar-refractivity contribution in [1.82, 2.24) is 0 Å². The molecule has 1 heterocycles. The lowest BCUT2D eigenvalue weighted by atomic mass is 10.1. The van der Waals surface area contributed by atoms with E-state index in [0.29, 0.717) is 16.8 Å². The molecule has 3 nitrogen and oxygen atoms in total. The Balaban J connectivity index is 2.06. The van der Waals surface area contributed by atoms with E-state index in [2.05, 4.69) is 11.8 Å². The average Bonchev–Trinajstić information content (AvgIpc) is 2.40. The summed E-state index contributed by atoms with van der Waals surface area (Å²) in [5.41, 5.74) is 7.76. The van der Waals surface area contributed by atoms with Gasteiger partial charge < -0.3 is 15.4 Å². The highest BCUT2D eigenvalue weighted by atomic mass is 35.5. The zero-order chi connectivity index (χ0) is 13.0. The molecule has 1 aliphatic heterocycles. The minimum atomic E-state index is 0.317. The van der Waals surface area contributed by atoms with Crippen molar-refractivity contribution in [1.29, 1.82) is 0 Å². The van der Waals surface area contributed by atoms with Crippen molar-refractivity contribution >= 4 is 23.0 Å². The lowest BCUT2D eigenvalue weighted by Crippen LogP contribution is -2.40. The fourth-order valence-electron chi connectivity index (χ4n) is 2.38. The molecule has 1 aromatic carbocycles. The van der Waals surface area contributed by atoms with Crippen molar-refractivity contribution in [3.63, 3.8) is 0 Å². The lowest BCUT2D eigenvalue weighted by Gasteiger charge is -2.35. The molecule has 1 aromatic rings. The molecule has 1 aliphatic rings. The summed E-state index contributed by atoms with van der Waals surface area (Å²) in [6.07, 6.45) is 3.66. The number of piperidine rings is 1. The SMILES string of the molecule is CCCOC1CCCN(c2cccc(Cl)c2N)C1. The zero-order valence-corrected chi connectivity index (χ0v) is 11.6. The van der Waals surface area contributed by atoms with Gasteiger partial charge in [-0.2, -0.15) is 0 Å². The third-order valence-electron chi connectivity index (χ3n) is 3.31. The van der Waals surface area contributed by atoms with Gasteiger partial charge in [-0.25, -0.2) is 0 Å². The van der Waals surface area contributed by atoms with Crippen LogP contribution in [0.1, 0.15) is 26.2 Å². The Labute approximate surface area is 114 Å². The maximum atomic E-state index is 6.07. The molecule has 0 radical (unpaired) electrons. The Kier molecular flexibility index (Phi) is 4.72. The van der Waals surface area contributed by atoms with E-state index < -0.39 is 0 Å². The van der Waals surface area contributed by atoms with Gasteiger partial charge in [-0.05, 0) is 31.4 Å². The lowest BCUT2D eigenvalue weighted by molar-refractivity contribution is 0.0441. The number of nitrogens with two attached hydrogens (primary N) is 1. The zero-order valence-electron chi connectivity index (χ0n) is 10.9. The van der Waals surface area contributed by atoms with Crippen molar-refractivity contribution < 1.29 is 4.74 Å².